The zero-order valence-corrected chi connectivity index (χ0v) is 11.5. The third kappa shape index (κ3) is 2.54. The summed E-state index contributed by atoms with van der Waals surface area (Å²) in [6.45, 7) is 0.473. The Kier molecular flexibility index (Phi) is 3.70. The molecule has 0 aromatic heterocycles. The van der Waals surface area contributed by atoms with E-state index in [-0.39, 0.29) is 5.82 Å². The molecule has 1 unspecified atom stereocenters. The molecule has 3 rings (SSSR count). The topological polar surface area (TPSA) is 21.3 Å². The lowest BCUT2D eigenvalue weighted by Gasteiger charge is -2.13. The van der Waals surface area contributed by atoms with Crippen LogP contribution in [0.15, 0.2) is 42.5 Å². The molecule has 0 radical (unpaired) electrons. The summed E-state index contributed by atoms with van der Waals surface area (Å²) in [6, 6.07) is 13.1. The molecular formula is C17H18FNO. The molecule has 0 saturated carbocycles. The maximum Gasteiger partial charge on any atom is 0.123 e. The van der Waals surface area contributed by atoms with Crippen molar-refractivity contribution in [3.8, 4) is 5.75 Å². The molecule has 0 heterocycles. The molecule has 3 heteroatoms. The van der Waals surface area contributed by atoms with Gasteiger partial charge in [-0.1, -0.05) is 24.3 Å². The van der Waals surface area contributed by atoms with Crippen molar-refractivity contribution < 1.29 is 9.13 Å². The minimum Gasteiger partial charge on any atom is -0.489 e. The van der Waals surface area contributed by atoms with Crippen LogP contribution in [0.1, 0.15) is 29.2 Å². The van der Waals surface area contributed by atoms with Gasteiger partial charge in [0.15, 0.2) is 0 Å². The van der Waals surface area contributed by atoms with Crippen molar-refractivity contribution in [3.05, 3.63) is 65.0 Å². The second-order valence-corrected chi connectivity index (χ2v) is 5.12. The van der Waals surface area contributed by atoms with Crippen LogP contribution in [0.4, 0.5) is 4.39 Å². The van der Waals surface area contributed by atoms with Gasteiger partial charge >= 0.3 is 0 Å². The summed E-state index contributed by atoms with van der Waals surface area (Å²) >= 11 is 0. The number of rotatable bonds is 4. The van der Waals surface area contributed by atoms with Gasteiger partial charge in [0.1, 0.15) is 18.2 Å². The van der Waals surface area contributed by atoms with E-state index in [2.05, 4.69) is 11.4 Å². The van der Waals surface area contributed by atoms with Crippen LogP contribution in [0.5, 0.6) is 5.75 Å². The fraction of sp³-hybridized carbons (Fsp3) is 0.294. The average molecular weight is 271 g/mol. The number of halogens is 1. The predicted molar refractivity (Wildman–Crippen MR) is 77.3 cm³/mol. The van der Waals surface area contributed by atoms with Crippen LogP contribution in [0, 0.1) is 5.82 Å². The van der Waals surface area contributed by atoms with Gasteiger partial charge in [0.05, 0.1) is 0 Å². The van der Waals surface area contributed by atoms with Gasteiger partial charge in [-0.2, -0.15) is 0 Å². The van der Waals surface area contributed by atoms with Crippen LogP contribution < -0.4 is 10.1 Å². The molecule has 0 aliphatic heterocycles. The van der Waals surface area contributed by atoms with Crippen molar-refractivity contribution in [3.63, 3.8) is 0 Å². The number of benzene rings is 2. The van der Waals surface area contributed by atoms with Gasteiger partial charge in [0, 0.05) is 6.04 Å². The summed E-state index contributed by atoms with van der Waals surface area (Å²) in [7, 11) is 1.99. The normalized spacial score (nSPS) is 17.0. The molecular weight excluding hydrogens is 253 g/mol. The fourth-order valence-corrected chi connectivity index (χ4v) is 2.80. The first kappa shape index (κ1) is 13.1. The Hall–Kier alpha value is -1.87. The van der Waals surface area contributed by atoms with Crippen molar-refractivity contribution in [1.29, 1.82) is 0 Å². The van der Waals surface area contributed by atoms with Gasteiger partial charge < -0.3 is 10.1 Å². The van der Waals surface area contributed by atoms with Gasteiger partial charge in [-0.15, -0.1) is 0 Å². The van der Waals surface area contributed by atoms with Gasteiger partial charge in [0.2, 0.25) is 0 Å². The van der Waals surface area contributed by atoms with E-state index in [1.807, 2.05) is 19.2 Å². The Morgan fingerprint density at radius 2 is 2.00 bits per heavy atom. The Bertz CT molecular complexity index is 594. The number of hydrogen-bond acceptors (Lipinski definition) is 2. The molecule has 0 bridgehead atoms. The summed E-state index contributed by atoms with van der Waals surface area (Å²) in [5, 5.41) is 3.33. The first-order chi connectivity index (χ1) is 9.78. The lowest BCUT2D eigenvalue weighted by atomic mass is 10.1. The van der Waals surface area contributed by atoms with Crippen molar-refractivity contribution in [2.75, 3.05) is 7.05 Å². The van der Waals surface area contributed by atoms with Gasteiger partial charge in [0.25, 0.3) is 0 Å². The molecule has 0 saturated heterocycles. The maximum atomic E-state index is 12.9. The van der Waals surface area contributed by atoms with Crippen LogP contribution in [-0.4, -0.2) is 7.05 Å². The maximum absolute atomic E-state index is 12.9. The standard InChI is InChI=1S/C17H18FNO/c1-19-16-10-9-15-14(16)3-2-4-17(15)20-11-12-5-7-13(18)8-6-12/h2-8,16,19H,9-11H2,1H3. The zero-order chi connectivity index (χ0) is 13.9. The van der Waals surface area contributed by atoms with E-state index in [4.69, 9.17) is 4.74 Å². The van der Waals surface area contributed by atoms with E-state index >= 15 is 0 Å². The monoisotopic (exact) mass is 271 g/mol. The smallest absolute Gasteiger partial charge is 0.123 e. The first-order valence-corrected chi connectivity index (χ1v) is 6.94. The third-order valence-corrected chi connectivity index (χ3v) is 3.88. The molecule has 1 aliphatic carbocycles. The van der Waals surface area contributed by atoms with E-state index in [0.29, 0.717) is 12.6 Å². The number of nitrogens with one attached hydrogen (secondary N) is 1. The van der Waals surface area contributed by atoms with E-state index < -0.39 is 0 Å². The van der Waals surface area contributed by atoms with Crippen LogP contribution in [0.2, 0.25) is 0 Å². The minimum absolute atomic E-state index is 0.216. The molecule has 104 valence electrons. The Morgan fingerprint density at radius 3 is 2.75 bits per heavy atom. The number of ether oxygens (including phenoxy) is 1. The van der Waals surface area contributed by atoms with E-state index in [0.717, 1.165) is 24.2 Å². The van der Waals surface area contributed by atoms with Gasteiger partial charge in [-0.25, -0.2) is 4.39 Å². The van der Waals surface area contributed by atoms with Crippen LogP contribution in [0.25, 0.3) is 0 Å². The third-order valence-electron chi connectivity index (χ3n) is 3.88. The lowest BCUT2D eigenvalue weighted by molar-refractivity contribution is 0.303. The highest BCUT2D eigenvalue weighted by Gasteiger charge is 2.23. The minimum atomic E-state index is -0.216. The van der Waals surface area contributed by atoms with Crippen molar-refractivity contribution in [2.45, 2.75) is 25.5 Å². The average Bonchev–Trinajstić information content (AvgIpc) is 2.90. The summed E-state index contributed by atoms with van der Waals surface area (Å²) in [5.74, 6) is 0.732. The van der Waals surface area contributed by atoms with Crippen LogP contribution in [0.3, 0.4) is 0 Å². The highest BCUT2D eigenvalue weighted by atomic mass is 19.1. The molecule has 1 aliphatic rings. The molecule has 0 spiro atoms. The highest BCUT2D eigenvalue weighted by Crippen LogP contribution is 2.36. The van der Waals surface area contributed by atoms with Gasteiger partial charge in [-0.05, 0) is 54.8 Å². The van der Waals surface area contributed by atoms with Crippen LogP contribution in [-0.2, 0) is 13.0 Å². The molecule has 2 aromatic carbocycles. The molecule has 0 fully saturated rings. The fourth-order valence-electron chi connectivity index (χ4n) is 2.80. The molecule has 20 heavy (non-hydrogen) atoms. The second kappa shape index (κ2) is 5.63. The van der Waals surface area contributed by atoms with Crippen molar-refractivity contribution >= 4 is 0 Å². The summed E-state index contributed by atoms with van der Waals surface area (Å²) in [4.78, 5) is 0. The largest absolute Gasteiger partial charge is 0.489 e. The van der Waals surface area contributed by atoms with E-state index in [1.165, 1.54) is 23.3 Å². The first-order valence-electron chi connectivity index (χ1n) is 6.94. The predicted octanol–water partition coefficient (Wildman–Crippen LogP) is 3.61. The van der Waals surface area contributed by atoms with Gasteiger partial charge in [-0.3, -0.25) is 0 Å². The SMILES string of the molecule is CNC1CCc2c(OCc3ccc(F)cc3)cccc21. The van der Waals surface area contributed by atoms with Crippen molar-refractivity contribution in [1.82, 2.24) is 5.32 Å². The highest BCUT2D eigenvalue weighted by molar-refractivity contribution is 5.45. The summed E-state index contributed by atoms with van der Waals surface area (Å²) in [6.07, 6.45) is 2.16. The Labute approximate surface area is 118 Å². The lowest BCUT2D eigenvalue weighted by Crippen LogP contribution is -2.12. The Morgan fingerprint density at radius 1 is 1.20 bits per heavy atom. The summed E-state index contributed by atoms with van der Waals surface area (Å²) in [5.41, 5.74) is 3.62. The van der Waals surface area contributed by atoms with Crippen molar-refractivity contribution in [2.24, 2.45) is 0 Å². The molecule has 1 N–H and O–H groups in total. The molecule has 2 nitrogen and oxygen atoms in total. The van der Waals surface area contributed by atoms with Crippen LogP contribution >= 0.6 is 0 Å². The van der Waals surface area contributed by atoms with E-state index in [1.54, 1.807) is 12.1 Å². The zero-order valence-electron chi connectivity index (χ0n) is 11.5. The molecule has 2 aromatic rings. The molecule has 0 amide bonds. The second-order valence-electron chi connectivity index (χ2n) is 5.12. The number of fused-ring (bicyclic) bond motifs is 1. The number of hydrogen-bond donors (Lipinski definition) is 1. The summed E-state index contributed by atoms with van der Waals surface area (Å²) < 4.78 is 18.8. The molecule has 1 atom stereocenters. The Balaban J connectivity index is 1.75. The quantitative estimate of drug-likeness (QED) is 0.917. The van der Waals surface area contributed by atoms with E-state index in [9.17, 15) is 4.39 Å².